The van der Waals surface area contributed by atoms with E-state index in [1.807, 2.05) is 93.6 Å². The van der Waals surface area contributed by atoms with Gasteiger partial charge in [-0.05, 0) is 56.4 Å². The summed E-state index contributed by atoms with van der Waals surface area (Å²) in [5, 5.41) is 9.50. The molecule has 2 fully saturated rings. The maximum atomic E-state index is 14.7. The Labute approximate surface area is 247 Å². The molecule has 2 saturated heterocycles. The number of ether oxygens (including phenoxy) is 1. The molecule has 0 aliphatic carbocycles. The fourth-order valence-corrected chi connectivity index (χ4v) is 7.67. The van der Waals surface area contributed by atoms with Crippen LogP contribution < -0.4 is 9.80 Å². The minimum Gasteiger partial charge on any atom is -0.396 e. The number of para-hydroxylation sites is 2. The Kier molecular flexibility index (Phi) is 7.31. The Morgan fingerprint density at radius 2 is 1.52 bits per heavy atom. The van der Waals surface area contributed by atoms with Gasteiger partial charge in [0.05, 0.1) is 17.4 Å². The van der Waals surface area contributed by atoms with Crippen LogP contribution in [0.25, 0.3) is 0 Å². The van der Waals surface area contributed by atoms with Gasteiger partial charge in [0.25, 0.3) is 5.91 Å². The SMILES string of the molecule is CC[C@@]12C=CCN(c3ccccc3)C(=O)[C@@H]1[C@H]1C(=O)N(CCCCO)C3C(=O)N(c4c(C)cccc4C)CC=C[C@@]31O2. The Balaban J connectivity index is 1.49. The van der Waals surface area contributed by atoms with Crippen molar-refractivity contribution in [2.24, 2.45) is 11.8 Å². The second-order valence-corrected chi connectivity index (χ2v) is 11.9. The quantitative estimate of drug-likeness (QED) is 0.403. The van der Waals surface area contributed by atoms with E-state index >= 15 is 0 Å². The molecule has 4 heterocycles. The van der Waals surface area contributed by atoms with E-state index in [0.29, 0.717) is 38.9 Å². The number of aliphatic hydroxyl groups is 1. The standard InChI is InChI=1S/C34H39N3O5/c1-4-33-17-11-20-35(25-15-6-5-7-16-25)30(39)26(33)27-31(40)37(19-8-9-22-38)29-32(41)36(21-12-18-34(27,29)42-33)28-23(2)13-10-14-24(28)3/h5-7,10-18,26-27,29,38H,4,8-9,19-22H2,1-3H3/t26-,27-,29?,33+,34-/m0/s1. The Hall–Kier alpha value is -3.75. The van der Waals surface area contributed by atoms with Gasteiger partial charge in [0.15, 0.2) is 0 Å². The Bertz CT molecular complexity index is 1430. The smallest absolute Gasteiger partial charge is 0.253 e. The van der Waals surface area contributed by atoms with Crippen molar-refractivity contribution in [3.8, 4) is 0 Å². The molecule has 1 N–H and O–H groups in total. The van der Waals surface area contributed by atoms with Gasteiger partial charge in [0.2, 0.25) is 11.8 Å². The normalized spacial score (nSPS) is 30.3. The molecule has 5 atom stereocenters. The number of fused-ring (bicyclic) bond motifs is 2. The summed E-state index contributed by atoms with van der Waals surface area (Å²) in [5.41, 5.74) is 1.20. The lowest BCUT2D eigenvalue weighted by Crippen LogP contribution is -2.56. The highest BCUT2D eigenvalue weighted by Crippen LogP contribution is 2.59. The minimum atomic E-state index is -1.31. The fraction of sp³-hybridized carbons (Fsp3) is 0.441. The molecule has 0 aromatic heterocycles. The van der Waals surface area contributed by atoms with E-state index in [1.165, 1.54) is 0 Å². The highest BCUT2D eigenvalue weighted by Gasteiger charge is 2.75. The topological polar surface area (TPSA) is 90.4 Å². The van der Waals surface area contributed by atoms with Gasteiger partial charge in [-0.2, -0.15) is 0 Å². The molecule has 3 amide bonds. The third kappa shape index (κ3) is 4.14. The Morgan fingerprint density at radius 1 is 0.833 bits per heavy atom. The second-order valence-electron chi connectivity index (χ2n) is 11.9. The largest absolute Gasteiger partial charge is 0.396 e. The molecule has 0 radical (unpaired) electrons. The number of aliphatic hydroxyl groups excluding tert-OH is 1. The fourth-order valence-electron chi connectivity index (χ4n) is 7.67. The van der Waals surface area contributed by atoms with Crippen molar-refractivity contribution in [2.75, 3.05) is 36.0 Å². The van der Waals surface area contributed by atoms with Gasteiger partial charge < -0.3 is 24.5 Å². The van der Waals surface area contributed by atoms with Crippen LogP contribution in [0.1, 0.15) is 37.3 Å². The summed E-state index contributed by atoms with van der Waals surface area (Å²) in [6.45, 7) is 6.95. The summed E-state index contributed by atoms with van der Waals surface area (Å²) >= 11 is 0. The first-order chi connectivity index (χ1) is 20.3. The van der Waals surface area contributed by atoms with Crippen molar-refractivity contribution < 1.29 is 24.2 Å². The number of likely N-dealkylation sites (tertiary alicyclic amines) is 1. The Morgan fingerprint density at radius 3 is 2.21 bits per heavy atom. The summed E-state index contributed by atoms with van der Waals surface area (Å²) in [4.78, 5) is 49.0. The molecule has 0 bridgehead atoms. The monoisotopic (exact) mass is 569 g/mol. The number of amides is 3. The molecule has 8 heteroatoms. The molecule has 2 aromatic rings. The number of carbonyl (C=O) groups is 3. The molecule has 1 spiro atoms. The molecule has 0 saturated carbocycles. The zero-order valence-electron chi connectivity index (χ0n) is 24.5. The van der Waals surface area contributed by atoms with Crippen LogP contribution in [0.5, 0.6) is 0 Å². The number of rotatable bonds is 7. The third-order valence-electron chi connectivity index (χ3n) is 9.52. The number of aryl methyl sites for hydroxylation is 2. The predicted octanol–water partition coefficient (Wildman–Crippen LogP) is 3.94. The number of carbonyl (C=O) groups excluding carboxylic acids is 3. The van der Waals surface area contributed by atoms with Gasteiger partial charge in [0, 0.05) is 37.6 Å². The second kappa shape index (κ2) is 10.8. The van der Waals surface area contributed by atoms with E-state index in [9.17, 15) is 19.5 Å². The molecule has 4 aliphatic rings. The zero-order valence-corrected chi connectivity index (χ0v) is 24.5. The third-order valence-corrected chi connectivity index (χ3v) is 9.52. The van der Waals surface area contributed by atoms with Crippen LogP contribution in [-0.2, 0) is 19.1 Å². The van der Waals surface area contributed by atoms with Gasteiger partial charge in [-0.25, -0.2) is 0 Å². The van der Waals surface area contributed by atoms with Gasteiger partial charge in [-0.15, -0.1) is 0 Å². The van der Waals surface area contributed by atoms with Gasteiger partial charge >= 0.3 is 0 Å². The summed E-state index contributed by atoms with van der Waals surface area (Å²) in [6.07, 6.45) is 9.26. The predicted molar refractivity (Wildman–Crippen MR) is 161 cm³/mol. The highest BCUT2D eigenvalue weighted by molar-refractivity contribution is 6.08. The molecular weight excluding hydrogens is 530 g/mol. The van der Waals surface area contributed by atoms with Crippen molar-refractivity contribution in [1.29, 1.82) is 0 Å². The summed E-state index contributed by atoms with van der Waals surface area (Å²) in [7, 11) is 0. The first-order valence-corrected chi connectivity index (χ1v) is 15.0. The molecule has 6 rings (SSSR count). The number of nitrogens with zero attached hydrogens (tertiary/aromatic N) is 3. The van der Waals surface area contributed by atoms with Crippen LogP contribution in [0.2, 0.25) is 0 Å². The first-order valence-electron chi connectivity index (χ1n) is 15.0. The van der Waals surface area contributed by atoms with Crippen LogP contribution in [0.3, 0.4) is 0 Å². The maximum absolute atomic E-state index is 14.7. The van der Waals surface area contributed by atoms with Gasteiger partial charge in [-0.3, -0.25) is 14.4 Å². The van der Waals surface area contributed by atoms with Crippen LogP contribution >= 0.6 is 0 Å². The van der Waals surface area contributed by atoms with Crippen molar-refractivity contribution in [3.63, 3.8) is 0 Å². The molecular formula is C34H39N3O5. The van der Waals surface area contributed by atoms with E-state index in [2.05, 4.69) is 0 Å². The van der Waals surface area contributed by atoms with E-state index in [0.717, 1.165) is 22.5 Å². The van der Waals surface area contributed by atoms with Crippen molar-refractivity contribution in [1.82, 2.24) is 4.90 Å². The lowest BCUT2D eigenvalue weighted by atomic mass is 9.73. The first kappa shape index (κ1) is 28.4. The summed E-state index contributed by atoms with van der Waals surface area (Å²) < 4.78 is 7.07. The van der Waals surface area contributed by atoms with Gasteiger partial charge in [-0.1, -0.05) is 67.6 Å². The van der Waals surface area contributed by atoms with E-state index in [1.54, 1.807) is 14.7 Å². The molecule has 1 unspecified atom stereocenters. The average molecular weight is 570 g/mol. The number of hydrogen-bond donors (Lipinski definition) is 1. The van der Waals surface area contributed by atoms with Crippen molar-refractivity contribution in [2.45, 2.75) is 57.3 Å². The van der Waals surface area contributed by atoms with E-state index in [-0.39, 0.29) is 24.3 Å². The van der Waals surface area contributed by atoms with Crippen molar-refractivity contribution in [3.05, 3.63) is 84.0 Å². The van der Waals surface area contributed by atoms with E-state index < -0.39 is 29.1 Å². The molecule has 42 heavy (non-hydrogen) atoms. The van der Waals surface area contributed by atoms with Crippen LogP contribution in [0.15, 0.2) is 72.8 Å². The number of anilines is 2. The minimum absolute atomic E-state index is 0.00294. The lowest BCUT2D eigenvalue weighted by Gasteiger charge is -2.38. The van der Waals surface area contributed by atoms with Crippen LogP contribution in [-0.4, -0.2) is 71.2 Å². The van der Waals surface area contributed by atoms with Crippen molar-refractivity contribution >= 4 is 29.1 Å². The summed E-state index contributed by atoms with van der Waals surface area (Å²) in [6, 6.07) is 14.5. The highest BCUT2D eigenvalue weighted by atomic mass is 16.5. The molecule has 8 nitrogen and oxygen atoms in total. The molecule has 4 aliphatic heterocycles. The van der Waals surface area contributed by atoms with Gasteiger partial charge in [0.1, 0.15) is 11.6 Å². The number of benzene rings is 2. The number of hydrogen-bond acceptors (Lipinski definition) is 5. The van der Waals surface area contributed by atoms with E-state index in [4.69, 9.17) is 4.74 Å². The molecule has 2 aromatic carbocycles. The summed E-state index contributed by atoms with van der Waals surface area (Å²) in [5.74, 6) is -2.29. The lowest BCUT2D eigenvalue weighted by molar-refractivity contribution is -0.145. The molecule has 220 valence electrons. The van der Waals surface area contributed by atoms with Crippen LogP contribution in [0.4, 0.5) is 11.4 Å². The maximum Gasteiger partial charge on any atom is 0.253 e. The average Bonchev–Trinajstić information content (AvgIpc) is 3.27. The number of unbranched alkanes of at least 4 members (excludes halogenated alkanes) is 1. The van der Waals surface area contributed by atoms with Crippen LogP contribution in [0, 0.1) is 25.7 Å². The zero-order chi connectivity index (χ0) is 29.6.